The molecule has 1 fully saturated rings. The van der Waals surface area contributed by atoms with Crippen molar-refractivity contribution in [1.29, 1.82) is 0 Å². The Balaban J connectivity index is 2.27. The van der Waals surface area contributed by atoms with Gasteiger partial charge in [0.05, 0.1) is 19.8 Å². The number of hydrogen-bond acceptors (Lipinski definition) is 4. The highest BCUT2D eigenvalue weighted by Gasteiger charge is 2.24. The monoisotopic (exact) mass is 314 g/mol. The van der Waals surface area contributed by atoms with E-state index in [0.717, 1.165) is 42.0 Å². The predicted octanol–water partition coefficient (Wildman–Crippen LogP) is 1.40. The Kier molecular flexibility index (Phi) is 5.00. The minimum atomic E-state index is -0.000417. The lowest BCUT2D eigenvalue weighted by Crippen LogP contribution is -2.46. The molecular formula is C13H19BrN2O2. The van der Waals surface area contributed by atoms with Crippen LogP contribution in [0.4, 0.5) is 0 Å². The van der Waals surface area contributed by atoms with Gasteiger partial charge < -0.3 is 15.2 Å². The van der Waals surface area contributed by atoms with Crippen molar-refractivity contribution in [3.8, 4) is 5.75 Å². The molecule has 1 heterocycles. The fraction of sp³-hybridized carbons (Fsp3) is 0.538. The van der Waals surface area contributed by atoms with Crippen LogP contribution in [-0.4, -0.2) is 49.9 Å². The van der Waals surface area contributed by atoms with E-state index in [1.807, 2.05) is 18.2 Å². The standard InChI is InChI=1S/C13H19BrN2O2/c1-18-13-3-2-10(14)8-11(13)12(9-17)16-6-4-15-5-7-16/h2-3,8,12,15,17H,4-7,9H2,1H3. The number of aliphatic hydroxyl groups excluding tert-OH is 1. The highest BCUT2D eigenvalue weighted by molar-refractivity contribution is 9.10. The second-order valence-electron chi connectivity index (χ2n) is 4.37. The van der Waals surface area contributed by atoms with Gasteiger partial charge in [0.1, 0.15) is 5.75 Å². The van der Waals surface area contributed by atoms with Crippen LogP contribution in [0.1, 0.15) is 11.6 Å². The number of hydrogen-bond donors (Lipinski definition) is 2. The number of halogens is 1. The van der Waals surface area contributed by atoms with Crippen LogP contribution in [-0.2, 0) is 0 Å². The smallest absolute Gasteiger partial charge is 0.123 e. The summed E-state index contributed by atoms with van der Waals surface area (Å²) in [5, 5.41) is 13.0. The summed E-state index contributed by atoms with van der Waals surface area (Å²) in [4.78, 5) is 2.29. The van der Waals surface area contributed by atoms with E-state index < -0.39 is 0 Å². The largest absolute Gasteiger partial charge is 0.496 e. The Hall–Kier alpha value is -0.620. The van der Waals surface area contributed by atoms with Crippen molar-refractivity contribution in [2.75, 3.05) is 39.9 Å². The number of nitrogens with one attached hydrogen (secondary N) is 1. The molecule has 1 saturated heterocycles. The molecule has 2 rings (SSSR count). The molecule has 1 unspecified atom stereocenters. The summed E-state index contributed by atoms with van der Waals surface area (Å²) in [5.41, 5.74) is 1.04. The maximum atomic E-state index is 9.71. The lowest BCUT2D eigenvalue weighted by atomic mass is 10.0. The molecule has 0 radical (unpaired) electrons. The molecule has 1 aromatic rings. The van der Waals surface area contributed by atoms with Crippen molar-refractivity contribution in [3.05, 3.63) is 28.2 Å². The topological polar surface area (TPSA) is 44.7 Å². The number of benzene rings is 1. The van der Waals surface area contributed by atoms with Crippen LogP contribution < -0.4 is 10.1 Å². The van der Waals surface area contributed by atoms with E-state index in [-0.39, 0.29) is 12.6 Å². The maximum Gasteiger partial charge on any atom is 0.123 e. The summed E-state index contributed by atoms with van der Waals surface area (Å²) >= 11 is 3.48. The van der Waals surface area contributed by atoms with Crippen LogP contribution in [0, 0.1) is 0 Å². The van der Waals surface area contributed by atoms with Gasteiger partial charge >= 0.3 is 0 Å². The normalized spacial score (nSPS) is 18.6. The molecule has 1 atom stereocenters. The Labute approximate surface area is 116 Å². The highest BCUT2D eigenvalue weighted by atomic mass is 79.9. The molecule has 1 aliphatic rings. The van der Waals surface area contributed by atoms with Gasteiger partial charge in [-0.3, -0.25) is 4.90 Å². The van der Waals surface area contributed by atoms with Crippen molar-refractivity contribution in [1.82, 2.24) is 10.2 Å². The third kappa shape index (κ3) is 3.03. The Morgan fingerprint density at radius 2 is 2.17 bits per heavy atom. The summed E-state index contributed by atoms with van der Waals surface area (Å²) in [6.45, 7) is 3.92. The average molecular weight is 315 g/mol. The summed E-state index contributed by atoms with van der Waals surface area (Å²) in [6.07, 6.45) is 0. The van der Waals surface area contributed by atoms with Crippen LogP contribution in [0.15, 0.2) is 22.7 Å². The molecule has 4 nitrogen and oxygen atoms in total. The second kappa shape index (κ2) is 6.52. The second-order valence-corrected chi connectivity index (χ2v) is 5.29. The van der Waals surface area contributed by atoms with E-state index in [1.54, 1.807) is 7.11 Å². The lowest BCUT2D eigenvalue weighted by molar-refractivity contribution is 0.109. The molecule has 0 amide bonds. The minimum Gasteiger partial charge on any atom is -0.496 e. The van der Waals surface area contributed by atoms with E-state index in [4.69, 9.17) is 4.74 Å². The highest BCUT2D eigenvalue weighted by Crippen LogP contribution is 2.31. The van der Waals surface area contributed by atoms with Gasteiger partial charge in [0.15, 0.2) is 0 Å². The van der Waals surface area contributed by atoms with E-state index in [9.17, 15) is 5.11 Å². The summed E-state index contributed by atoms with van der Waals surface area (Å²) in [5.74, 6) is 0.829. The number of rotatable bonds is 4. The first-order valence-corrected chi connectivity index (χ1v) is 6.94. The summed E-state index contributed by atoms with van der Waals surface area (Å²) in [6, 6.07) is 5.92. The Bertz CT molecular complexity index is 395. The van der Waals surface area contributed by atoms with Gasteiger partial charge in [-0.1, -0.05) is 15.9 Å². The average Bonchev–Trinajstić information content (AvgIpc) is 2.41. The van der Waals surface area contributed by atoms with Crippen molar-refractivity contribution in [2.45, 2.75) is 6.04 Å². The zero-order chi connectivity index (χ0) is 13.0. The van der Waals surface area contributed by atoms with Gasteiger partial charge in [0.2, 0.25) is 0 Å². The van der Waals surface area contributed by atoms with E-state index >= 15 is 0 Å². The lowest BCUT2D eigenvalue weighted by Gasteiger charge is -2.34. The van der Waals surface area contributed by atoms with Crippen molar-refractivity contribution >= 4 is 15.9 Å². The molecule has 0 saturated carbocycles. The van der Waals surface area contributed by atoms with Gasteiger partial charge in [-0.15, -0.1) is 0 Å². The molecule has 5 heteroatoms. The molecule has 0 spiro atoms. The molecule has 0 aliphatic carbocycles. The van der Waals surface area contributed by atoms with Crippen molar-refractivity contribution < 1.29 is 9.84 Å². The van der Waals surface area contributed by atoms with Crippen LogP contribution in [0.25, 0.3) is 0 Å². The van der Waals surface area contributed by atoms with Gasteiger partial charge in [0, 0.05) is 36.2 Å². The fourth-order valence-corrected chi connectivity index (χ4v) is 2.75. The van der Waals surface area contributed by atoms with Crippen molar-refractivity contribution in [3.63, 3.8) is 0 Å². The Morgan fingerprint density at radius 3 is 2.78 bits per heavy atom. The zero-order valence-corrected chi connectivity index (χ0v) is 12.1. The number of piperazine rings is 1. The quantitative estimate of drug-likeness (QED) is 0.881. The molecule has 0 aromatic heterocycles. The van der Waals surface area contributed by atoms with E-state index in [2.05, 4.69) is 26.1 Å². The first-order chi connectivity index (χ1) is 8.76. The molecule has 1 aromatic carbocycles. The number of ether oxygens (including phenoxy) is 1. The fourth-order valence-electron chi connectivity index (χ4n) is 2.37. The molecule has 0 bridgehead atoms. The molecule has 100 valence electrons. The van der Waals surface area contributed by atoms with Gasteiger partial charge in [-0.05, 0) is 18.2 Å². The summed E-state index contributed by atoms with van der Waals surface area (Å²) in [7, 11) is 1.67. The van der Waals surface area contributed by atoms with Gasteiger partial charge in [0.25, 0.3) is 0 Å². The van der Waals surface area contributed by atoms with Crippen molar-refractivity contribution in [2.24, 2.45) is 0 Å². The van der Waals surface area contributed by atoms with Crippen LogP contribution in [0.3, 0.4) is 0 Å². The molecule has 18 heavy (non-hydrogen) atoms. The third-order valence-electron chi connectivity index (χ3n) is 3.32. The number of methoxy groups -OCH3 is 1. The van der Waals surface area contributed by atoms with Gasteiger partial charge in [-0.2, -0.15) is 0 Å². The van der Waals surface area contributed by atoms with Gasteiger partial charge in [-0.25, -0.2) is 0 Å². The van der Waals surface area contributed by atoms with E-state index in [1.165, 1.54) is 0 Å². The summed E-state index contributed by atoms with van der Waals surface area (Å²) < 4.78 is 6.41. The molecular weight excluding hydrogens is 296 g/mol. The molecule has 1 aliphatic heterocycles. The van der Waals surface area contributed by atoms with Crippen LogP contribution in [0.5, 0.6) is 5.75 Å². The maximum absolute atomic E-state index is 9.71. The Morgan fingerprint density at radius 1 is 1.44 bits per heavy atom. The zero-order valence-electron chi connectivity index (χ0n) is 10.5. The molecule has 2 N–H and O–H groups in total. The van der Waals surface area contributed by atoms with Crippen LogP contribution in [0.2, 0.25) is 0 Å². The third-order valence-corrected chi connectivity index (χ3v) is 3.81. The SMILES string of the molecule is COc1ccc(Br)cc1C(CO)N1CCNCC1. The minimum absolute atomic E-state index is 0.000417. The first kappa shape index (κ1) is 13.8. The van der Waals surface area contributed by atoms with E-state index in [0.29, 0.717) is 0 Å². The first-order valence-electron chi connectivity index (χ1n) is 6.15. The number of nitrogens with zero attached hydrogens (tertiary/aromatic N) is 1. The van der Waals surface area contributed by atoms with Crippen LogP contribution >= 0.6 is 15.9 Å². The number of aliphatic hydroxyl groups is 1. The predicted molar refractivity (Wildman–Crippen MR) is 75.0 cm³/mol.